The van der Waals surface area contributed by atoms with Crippen molar-refractivity contribution in [2.45, 2.75) is 19.4 Å². The van der Waals surface area contributed by atoms with Crippen LogP contribution >= 0.6 is 11.1 Å². The Bertz CT molecular complexity index is 1200. The second-order valence-electron chi connectivity index (χ2n) is 7.38. The number of hydrogen-bond acceptors (Lipinski definition) is 7. The van der Waals surface area contributed by atoms with Gasteiger partial charge in [0, 0.05) is 18.5 Å². The zero-order valence-corrected chi connectivity index (χ0v) is 19.7. The Morgan fingerprint density at radius 2 is 2.03 bits per heavy atom. The Labute approximate surface area is 195 Å². The van der Waals surface area contributed by atoms with Gasteiger partial charge in [-0.2, -0.15) is 0 Å². The van der Waals surface area contributed by atoms with Crippen molar-refractivity contribution in [3.63, 3.8) is 0 Å². The van der Waals surface area contributed by atoms with E-state index in [0.717, 1.165) is 5.56 Å². The topological polar surface area (TPSA) is 126 Å². The number of phenolic OH excluding ortho intramolecular Hbond substituents is 1. The highest BCUT2D eigenvalue weighted by Gasteiger charge is 2.19. The van der Waals surface area contributed by atoms with Gasteiger partial charge in [0.25, 0.3) is 5.91 Å². The monoisotopic (exact) mass is 469 g/mol. The number of anilines is 2. The van der Waals surface area contributed by atoms with Gasteiger partial charge in [0.1, 0.15) is 11.8 Å². The van der Waals surface area contributed by atoms with Crippen LogP contribution in [-0.4, -0.2) is 56.5 Å². The number of ether oxygens (including phenoxy) is 1. The van der Waals surface area contributed by atoms with Crippen molar-refractivity contribution >= 4 is 34.6 Å². The molecule has 9 nitrogen and oxygen atoms in total. The highest BCUT2D eigenvalue weighted by Crippen LogP contribution is 2.30. The summed E-state index contributed by atoms with van der Waals surface area (Å²) in [6.07, 6.45) is 2.52. The first kappa shape index (κ1) is 24.0. The predicted octanol–water partition coefficient (Wildman–Crippen LogP) is 3.66. The molecule has 1 amide bonds. The number of nitrogens with one attached hydrogen (secondary N) is 2. The van der Waals surface area contributed by atoms with Crippen molar-refractivity contribution in [2.75, 3.05) is 26.5 Å². The summed E-state index contributed by atoms with van der Waals surface area (Å²) in [6, 6.07) is 14.1. The largest absolute Gasteiger partial charge is 0.548 e. The summed E-state index contributed by atoms with van der Waals surface area (Å²) in [5.74, 6) is 0.245. The van der Waals surface area contributed by atoms with Crippen molar-refractivity contribution in [1.82, 2.24) is 13.6 Å². The molecule has 0 bridgehead atoms. The number of carbonyl (C=O) groups is 1. The van der Waals surface area contributed by atoms with Crippen LogP contribution in [0.25, 0.3) is 6.08 Å². The molecule has 10 heteroatoms. The van der Waals surface area contributed by atoms with Crippen molar-refractivity contribution < 1.29 is 19.2 Å². The van der Waals surface area contributed by atoms with Gasteiger partial charge in [0.2, 0.25) is 11.3 Å². The normalized spacial score (nSPS) is 13.5. The number of para-hydroxylation sites is 1. The third-order valence-electron chi connectivity index (χ3n) is 4.85. The van der Waals surface area contributed by atoms with E-state index in [-0.39, 0.29) is 40.3 Å². The van der Waals surface area contributed by atoms with Gasteiger partial charge in [-0.15, -0.1) is 4.37 Å². The van der Waals surface area contributed by atoms with Crippen LogP contribution < -0.4 is 10.8 Å². The predicted molar refractivity (Wildman–Crippen MR) is 128 cm³/mol. The molecule has 174 valence electrons. The highest BCUT2D eigenvalue weighted by molar-refractivity contribution is 7.13. The van der Waals surface area contributed by atoms with Crippen LogP contribution in [0.3, 0.4) is 0 Å². The smallest absolute Gasteiger partial charge is 0.257 e. The van der Waals surface area contributed by atoms with E-state index in [1.165, 1.54) is 11.0 Å². The molecule has 2 aromatic carbocycles. The van der Waals surface area contributed by atoms with E-state index in [4.69, 9.17) is 4.74 Å². The average molecular weight is 470 g/mol. The summed E-state index contributed by atoms with van der Waals surface area (Å²) in [4.78, 5) is 18.4. The number of rotatable bonds is 8. The molecule has 1 unspecified atom stereocenters. The molecular formula is C23H27N5O4S. The van der Waals surface area contributed by atoms with Gasteiger partial charge >= 0.3 is 0 Å². The van der Waals surface area contributed by atoms with Crippen LogP contribution in [0.5, 0.6) is 5.75 Å². The molecule has 0 saturated carbocycles. The number of amides is 1. The number of hydrogen-bond donors (Lipinski definition) is 3. The SMILES string of the molecule is CC[C@@H](N=c1[nH][s+]([O-])nc1Nc1cccc(C(=O)N(C)C)c1O)/C(=C/c1ccccc1)OC. The van der Waals surface area contributed by atoms with Gasteiger partial charge in [-0.1, -0.05) is 43.3 Å². The van der Waals surface area contributed by atoms with E-state index in [1.54, 1.807) is 33.3 Å². The standard InChI is InChI=1S/C23H27N5O4S/c1-5-17(19(32-4)14-15-10-7-6-8-11-15)24-21-22(27-33(31)26-21)25-18-13-9-12-16(20(18)29)23(30)28(2)3/h6-14,17,29H,5H2,1-4H3,(H,24,26)(H,25,27)/b19-14-/t17-,33?/m1/s1. The lowest BCUT2D eigenvalue weighted by Gasteiger charge is -2.14. The lowest BCUT2D eigenvalue weighted by molar-refractivity contribution is 0.0824. The molecule has 3 N–H and O–H groups in total. The van der Waals surface area contributed by atoms with Gasteiger partial charge in [0.15, 0.2) is 16.9 Å². The first-order valence-electron chi connectivity index (χ1n) is 10.3. The third-order valence-corrected chi connectivity index (χ3v) is 5.57. The molecule has 1 aromatic heterocycles. The molecule has 0 aliphatic rings. The molecule has 2 atom stereocenters. The Balaban J connectivity index is 1.98. The maximum atomic E-state index is 12.3. The fourth-order valence-electron chi connectivity index (χ4n) is 3.15. The van der Waals surface area contributed by atoms with E-state index in [0.29, 0.717) is 12.2 Å². The van der Waals surface area contributed by atoms with Crippen molar-refractivity contribution in [2.24, 2.45) is 4.99 Å². The summed E-state index contributed by atoms with van der Waals surface area (Å²) >= 11 is -1.73. The second-order valence-corrected chi connectivity index (χ2v) is 8.27. The number of aromatic nitrogens is 2. The van der Waals surface area contributed by atoms with Crippen molar-refractivity contribution in [3.8, 4) is 5.75 Å². The van der Waals surface area contributed by atoms with Crippen LogP contribution in [0, 0.1) is 0 Å². The molecule has 0 spiro atoms. The van der Waals surface area contributed by atoms with Crippen molar-refractivity contribution in [3.05, 3.63) is 70.9 Å². The number of aromatic amines is 1. The number of carbonyl (C=O) groups excluding carboxylic acids is 1. The quantitative estimate of drug-likeness (QED) is 0.263. The number of H-pyrrole nitrogens is 1. The number of phenols is 1. The summed E-state index contributed by atoms with van der Waals surface area (Å²) in [6.45, 7) is 1.96. The molecular weight excluding hydrogens is 442 g/mol. The minimum Gasteiger partial charge on any atom is -0.548 e. The van der Waals surface area contributed by atoms with E-state index < -0.39 is 11.1 Å². The Kier molecular flexibility index (Phi) is 7.86. The van der Waals surface area contributed by atoms with Crippen LogP contribution in [0.2, 0.25) is 0 Å². The summed E-state index contributed by atoms with van der Waals surface area (Å²) in [7, 11) is 4.78. The average Bonchev–Trinajstić information content (AvgIpc) is 3.16. The summed E-state index contributed by atoms with van der Waals surface area (Å²) < 4.78 is 24.5. The first-order valence-corrected chi connectivity index (χ1v) is 11.4. The van der Waals surface area contributed by atoms with Crippen molar-refractivity contribution in [1.29, 1.82) is 0 Å². The Morgan fingerprint density at radius 3 is 2.67 bits per heavy atom. The second kappa shape index (κ2) is 10.8. The van der Waals surface area contributed by atoms with E-state index >= 15 is 0 Å². The highest BCUT2D eigenvalue weighted by atomic mass is 32.2. The maximum Gasteiger partial charge on any atom is 0.257 e. The number of methoxy groups -OCH3 is 1. The number of aromatic hydroxyl groups is 1. The first-order chi connectivity index (χ1) is 15.8. The molecule has 3 aromatic rings. The lowest BCUT2D eigenvalue weighted by atomic mass is 10.1. The Hall–Kier alpha value is -3.63. The summed E-state index contributed by atoms with van der Waals surface area (Å²) in [5.41, 5.74) is 1.61. The van der Waals surface area contributed by atoms with Gasteiger partial charge in [0.05, 0.1) is 18.4 Å². The summed E-state index contributed by atoms with van der Waals surface area (Å²) in [5, 5.41) is 13.6. The van der Waals surface area contributed by atoms with Crippen LogP contribution in [0.1, 0.15) is 29.3 Å². The van der Waals surface area contributed by atoms with Gasteiger partial charge < -0.3 is 24.6 Å². The van der Waals surface area contributed by atoms with E-state index in [2.05, 4.69) is 19.1 Å². The van der Waals surface area contributed by atoms with Gasteiger partial charge in [-0.25, -0.2) is 4.99 Å². The fraction of sp³-hybridized carbons (Fsp3) is 0.261. The minimum atomic E-state index is -1.73. The minimum absolute atomic E-state index is 0.134. The zero-order chi connectivity index (χ0) is 24.0. The number of nitrogens with zero attached hydrogens (tertiary/aromatic N) is 3. The molecule has 0 aliphatic heterocycles. The molecule has 0 aliphatic carbocycles. The molecule has 0 radical (unpaired) electrons. The lowest BCUT2D eigenvalue weighted by Crippen LogP contribution is -2.22. The molecule has 33 heavy (non-hydrogen) atoms. The number of benzene rings is 2. The zero-order valence-electron chi connectivity index (χ0n) is 18.9. The van der Waals surface area contributed by atoms with Gasteiger partial charge in [-0.3, -0.25) is 4.79 Å². The van der Waals surface area contributed by atoms with Crippen LogP contribution in [-0.2, 0) is 4.74 Å². The van der Waals surface area contributed by atoms with Crippen LogP contribution in [0.15, 0.2) is 59.3 Å². The molecule has 0 saturated heterocycles. The van der Waals surface area contributed by atoms with Gasteiger partial charge in [-0.05, 0) is 30.2 Å². The molecule has 1 heterocycles. The third kappa shape index (κ3) is 5.79. The van der Waals surface area contributed by atoms with Crippen LogP contribution in [0.4, 0.5) is 11.5 Å². The Morgan fingerprint density at radius 1 is 1.30 bits per heavy atom. The molecule has 3 rings (SSSR count). The van der Waals surface area contributed by atoms with E-state index in [9.17, 15) is 14.5 Å². The fourth-order valence-corrected chi connectivity index (χ4v) is 3.81. The maximum absolute atomic E-state index is 12.3. The van der Waals surface area contributed by atoms with E-state index in [1.807, 2.05) is 43.3 Å². The molecule has 0 fully saturated rings.